The highest BCUT2D eigenvalue weighted by atomic mass is 16.5. The zero-order valence-corrected chi connectivity index (χ0v) is 9.36. The number of likely N-dealkylation sites (N-methyl/N-ethyl adjacent to an activating group) is 1. The van der Waals surface area contributed by atoms with Crippen LogP contribution >= 0.6 is 0 Å². The monoisotopic (exact) mass is 206 g/mol. The van der Waals surface area contributed by atoms with Crippen molar-refractivity contribution in [2.75, 3.05) is 31.6 Å². The van der Waals surface area contributed by atoms with Crippen LogP contribution in [0.25, 0.3) is 0 Å². The third kappa shape index (κ3) is 2.23. The van der Waals surface area contributed by atoms with Crippen LogP contribution < -0.4 is 15.0 Å². The molecule has 0 radical (unpaired) electrons. The molecular formula is C12H18N2O. The molecule has 0 aromatic heterocycles. The summed E-state index contributed by atoms with van der Waals surface area (Å²) in [6, 6.07) is 8.88. The van der Waals surface area contributed by atoms with Crippen LogP contribution in [0.5, 0.6) is 5.75 Å². The van der Waals surface area contributed by atoms with Crippen molar-refractivity contribution in [1.82, 2.24) is 5.32 Å². The molecule has 1 fully saturated rings. The molecule has 1 aromatic carbocycles. The molecule has 1 aromatic rings. The molecule has 1 N–H and O–H groups in total. The average molecular weight is 206 g/mol. The van der Waals surface area contributed by atoms with E-state index in [0.29, 0.717) is 6.04 Å². The first-order chi connectivity index (χ1) is 7.36. The first-order valence-electron chi connectivity index (χ1n) is 5.50. The topological polar surface area (TPSA) is 24.3 Å². The number of benzene rings is 1. The van der Waals surface area contributed by atoms with Gasteiger partial charge in [-0.05, 0) is 26.1 Å². The highest BCUT2D eigenvalue weighted by Crippen LogP contribution is 2.35. The van der Waals surface area contributed by atoms with Gasteiger partial charge in [-0.3, -0.25) is 0 Å². The lowest BCUT2D eigenvalue weighted by Gasteiger charge is -2.11. The Bertz CT molecular complexity index is 327. The van der Waals surface area contributed by atoms with Gasteiger partial charge >= 0.3 is 0 Å². The molecule has 1 unspecified atom stereocenters. The second-order valence-corrected chi connectivity index (χ2v) is 3.76. The quantitative estimate of drug-likeness (QED) is 0.739. The van der Waals surface area contributed by atoms with Gasteiger partial charge < -0.3 is 15.0 Å². The van der Waals surface area contributed by atoms with E-state index in [4.69, 9.17) is 4.74 Å². The predicted molar refractivity (Wildman–Crippen MR) is 62.7 cm³/mol. The minimum atomic E-state index is 0.636. The van der Waals surface area contributed by atoms with Crippen molar-refractivity contribution >= 4 is 5.69 Å². The Balaban J connectivity index is 2.08. The smallest absolute Gasteiger partial charge is 0.142 e. The van der Waals surface area contributed by atoms with Crippen LogP contribution in [0.4, 0.5) is 5.69 Å². The maximum absolute atomic E-state index is 5.60. The summed E-state index contributed by atoms with van der Waals surface area (Å²) in [5, 5.41) is 3.20. The van der Waals surface area contributed by atoms with Crippen LogP contribution in [0.3, 0.4) is 0 Å². The van der Waals surface area contributed by atoms with Gasteiger partial charge in [-0.15, -0.1) is 0 Å². The van der Waals surface area contributed by atoms with Crippen LogP contribution in [0.2, 0.25) is 0 Å². The molecule has 1 saturated heterocycles. The number of hydrogen-bond acceptors (Lipinski definition) is 3. The van der Waals surface area contributed by atoms with E-state index in [1.807, 2.05) is 26.1 Å². The molecular weight excluding hydrogens is 188 g/mol. The summed E-state index contributed by atoms with van der Waals surface area (Å²) < 4.78 is 5.60. The highest BCUT2D eigenvalue weighted by molar-refractivity contribution is 5.63. The van der Waals surface area contributed by atoms with Gasteiger partial charge in [0, 0.05) is 13.1 Å². The van der Waals surface area contributed by atoms with E-state index in [2.05, 4.69) is 22.3 Å². The number of ether oxygens (including phenoxy) is 1. The second kappa shape index (κ2) is 4.53. The Hall–Kier alpha value is -1.22. The van der Waals surface area contributed by atoms with E-state index in [-0.39, 0.29) is 0 Å². The van der Waals surface area contributed by atoms with Crippen molar-refractivity contribution in [3.05, 3.63) is 24.3 Å². The van der Waals surface area contributed by atoms with Gasteiger partial charge in [-0.2, -0.15) is 0 Å². The maximum atomic E-state index is 5.60. The Morgan fingerprint density at radius 3 is 3.00 bits per heavy atom. The van der Waals surface area contributed by atoms with E-state index in [9.17, 15) is 0 Å². The minimum absolute atomic E-state index is 0.636. The van der Waals surface area contributed by atoms with E-state index in [0.717, 1.165) is 25.4 Å². The molecule has 0 bridgehead atoms. The minimum Gasteiger partial charge on any atom is -0.492 e. The van der Waals surface area contributed by atoms with Crippen molar-refractivity contribution in [1.29, 1.82) is 0 Å². The molecule has 82 valence electrons. The average Bonchev–Trinajstić information content (AvgIpc) is 2.99. The summed E-state index contributed by atoms with van der Waals surface area (Å²) in [6.45, 7) is 4.91. The standard InChI is InChI=1S/C12H18N2O/c1-3-15-12-7-5-4-6-11(12)14-9-10(14)8-13-2/h4-7,10,13H,3,8-9H2,1-2H3. The largest absolute Gasteiger partial charge is 0.492 e. The highest BCUT2D eigenvalue weighted by Gasteiger charge is 2.34. The zero-order valence-electron chi connectivity index (χ0n) is 9.36. The number of nitrogens with one attached hydrogen (secondary N) is 1. The molecule has 15 heavy (non-hydrogen) atoms. The second-order valence-electron chi connectivity index (χ2n) is 3.76. The zero-order chi connectivity index (χ0) is 10.7. The lowest BCUT2D eigenvalue weighted by Crippen LogP contribution is -2.17. The summed E-state index contributed by atoms with van der Waals surface area (Å²) in [5.41, 5.74) is 1.22. The van der Waals surface area contributed by atoms with Gasteiger partial charge in [-0.1, -0.05) is 12.1 Å². The fourth-order valence-corrected chi connectivity index (χ4v) is 1.86. The third-order valence-corrected chi connectivity index (χ3v) is 2.63. The molecule has 0 spiro atoms. The summed E-state index contributed by atoms with van der Waals surface area (Å²) in [5.74, 6) is 0.999. The van der Waals surface area contributed by atoms with Crippen LogP contribution in [0, 0.1) is 0 Å². The Kier molecular flexibility index (Phi) is 3.11. The van der Waals surface area contributed by atoms with E-state index in [1.165, 1.54) is 5.69 Å². The number of rotatable bonds is 5. The molecule has 1 heterocycles. The molecule has 3 nitrogen and oxygen atoms in total. The van der Waals surface area contributed by atoms with E-state index in [1.54, 1.807) is 0 Å². The predicted octanol–water partition coefficient (Wildman–Crippen LogP) is 1.49. The van der Waals surface area contributed by atoms with Gasteiger partial charge in [0.1, 0.15) is 5.75 Å². The fraction of sp³-hybridized carbons (Fsp3) is 0.500. The van der Waals surface area contributed by atoms with Crippen molar-refractivity contribution in [2.45, 2.75) is 13.0 Å². The Morgan fingerprint density at radius 2 is 2.27 bits per heavy atom. The third-order valence-electron chi connectivity index (χ3n) is 2.63. The molecule has 0 amide bonds. The molecule has 1 atom stereocenters. The van der Waals surface area contributed by atoms with Crippen molar-refractivity contribution in [3.63, 3.8) is 0 Å². The number of anilines is 1. The molecule has 2 rings (SSSR count). The summed E-state index contributed by atoms with van der Waals surface area (Å²) >= 11 is 0. The summed E-state index contributed by atoms with van der Waals surface area (Å²) in [4.78, 5) is 2.36. The lowest BCUT2D eigenvalue weighted by atomic mass is 10.3. The molecule has 1 aliphatic heterocycles. The van der Waals surface area contributed by atoms with Crippen LogP contribution in [0.15, 0.2) is 24.3 Å². The molecule has 0 saturated carbocycles. The van der Waals surface area contributed by atoms with Crippen molar-refractivity contribution < 1.29 is 4.74 Å². The van der Waals surface area contributed by atoms with Gasteiger partial charge in [0.15, 0.2) is 0 Å². The van der Waals surface area contributed by atoms with Gasteiger partial charge in [0.2, 0.25) is 0 Å². The van der Waals surface area contributed by atoms with Crippen molar-refractivity contribution in [2.24, 2.45) is 0 Å². The van der Waals surface area contributed by atoms with Crippen LogP contribution in [-0.2, 0) is 0 Å². The molecule has 1 aliphatic rings. The first kappa shape index (κ1) is 10.3. The first-order valence-corrected chi connectivity index (χ1v) is 5.50. The van der Waals surface area contributed by atoms with Gasteiger partial charge in [0.05, 0.1) is 18.3 Å². The molecule has 3 heteroatoms. The normalized spacial score (nSPS) is 19.1. The van der Waals surface area contributed by atoms with Gasteiger partial charge in [0.25, 0.3) is 0 Å². The SMILES string of the molecule is CCOc1ccccc1N1CC1CNC. The number of hydrogen-bond donors (Lipinski definition) is 1. The number of para-hydroxylation sites is 2. The van der Waals surface area contributed by atoms with E-state index < -0.39 is 0 Å². The summed E-state index contributed by atoms with van der Waals surface area (Å²) in [6.07, 6.45) is 0. The van der Waals surface area contributed by atoms with Crippen LogP contribution in [0.1, 0.15) is 6.92 Å². The lowest BCUT2D eigenvalue weighted by molar-refractivity contribution is 0.341. The molecule has 0 aliphatic carbocycles. The Labute approximate surface area is 91.0 Å². The number of nitrogens with zero attached hydrogens (tertiary/aromatic N) is 1. The summed E-state index contributed by atoms with van der Waals surface area (Å²) in [7, 11) is 1.99. The maximum Gasteiger partial charge on any atom is 0.142 e. The Morgan fingerprint density at radius 1 is 1.47 bits per heavy atom. The van der Waals surface area contributed by atoms with Crippen molar-refractivity contribution in [3.8, 4) is 5.75 Å². The van der Waals surface area contributed by atoms with Crippen LogP contribution in [-0.4, -0.2) is 32.8 Å². The van der Waals surface area contributed by atoms with Gasteiger partial charge in [-0.25, -0.2) is 0 Å². The fourth-order valence-electron chi connectivity index (χ4n) is 1.86. The van der Waals surface area contributed by atoms with E-state index >= 15 is 0 Å².